The van der Waals surface area contributed by atoms with Gasteiger partial charge in [0.15, 0.2) is 0 Å². The third kappa shape index (κ3) is 3.95. The van der Waals surface area contributed by atoms with Gasteiger partial charge in [0.25, 0.3) is 0 Å². The topological polar surface area (TPSA) is 125 Å². The number of methoxy groups -OCH3 is 1. The molecule has 10 heteroatoms. The maximum atomic E-state index is 12.6. The van der Waals surface area contributed by atoms with Crippen molar-refractivity contribution < 1.29 is 19.4 Å². The van der Waals surface area contributed by atoms with E-state index in [2.05, 4.69) is 20.1 Å². The number of rotatable bonds is 4. The van der Waals surface area contributed by atoms with Gasteiger partial charge in [-0.3, -0.25) is 14.8 Å². The predicted molar refractivity (Wildman–Crippen MR) is 145 cm³/mol. The van der Waals surface area contributed by atoms with Crippen LogP contribution in [0.2, 0.25) is 0 Å². The summed E-state index contributed by atoms with van der Waals surface area (Å²) in [6, 6.07) is 10.3. The first kappa shape index (κ1) is 24.3. The van der Waals surface area contributed by atoms with Gasteiger partial charge in [-0.25, -0.2) is 9.78 Å². The van der Waals surface area contributed by atoms with E-state index in [9.17, 15) is 14.7 Å². The molecule has 1 aliphatic heterocycles. The Kier molecular flexibility index (Phi) is 5.97. The van der Waals surface area contributed by atoms with E-state index in [0.717, 1.165) is 70.3 Å². The van der Waals surface area contributed by atoms with E-state index in [1.807, 2.05) is 44.2 Å². The summed E-state index contributed by atoms with van der Waals surface area (Å²) in [5.74, 6) is -0.302. The molecule has 3 heterocycles. The van der Waals surface area contributed by atoms with Crippen molar-refractivity contribution in [2.24, 2.45) is 5.92 Å². The zero-order chi connectivity index (χ0) is 26.6. The van der Waals surface area contributed by atoms with Crippen LogP contribution in [0.5, 0.6) is 0 Å². The van der Waals surface area contributed by atoms with E-state index in [1.165, 1.54) is 7.11 Å². The van der Waals surface area contributed by atoms with Crippen molar-refractivity contribution in [1.82, 2.24) is 19.7 Å². The number of carboxylic acids is 1. The molecule has 1 fully saturated rings. The van der Waals surface area contributed by atoms with Crippen LogP contribution in [0.25, 0.3) is 21.9 Å². The standard InChI is InChI=1S/C28H32N6O4/c1-15-4-10-21-23(33(15)28(37)38-3)12-13-24-25(21)30-27(34(24)19-8-5-17(6-9-19)26(35)36)29-18-7-11-20-16(2)31-32-22(20)14-18/h7,11-15,17,19H,4-6,8-10H2,1-3H3,(H,29,30)(H,31,32)(H,35,36)/t15-,17-,19-/m0/s1. The van der Waals surface area contributed by atoms with Crippen molar-refractivity contribution in [3.05, 3.63) is 41.6 Å². The van der Waals surface area contributed by atoms with Crippen LogP contribution in [0.4, 0.5) is 22.1 Å². The number of aliphatic carboxylic acids is 1. The summed E-state index contributed by atoms with van der Waals surface area (Å²) in [5, 5.41) is 21.5. The van der Waals surface area contributed by atoms with E-state index in [0.29, 0.717) is 18.8 Å². The average Bonchev–Trinajstić information content (AvgIpc) is 3.47. The molecule has 2 aromatic carbocycles. The maximum absolute atomic E-state index is 12.6. The smallest absolute Gasteiger partial charge is 0.414 e. The molecule has 1 saturated carbocycles. The Bertz CT molecular complexity index is 1550. The molecule has 1 atom stereocenters. The minimum atomic E-state index is -0.716. The van der Waals surface area contributed by atoms with Crippen molar-refractivity contribution in [2.75, 3.05) is 17.3 Å². The third-order valence-electron chi connectivity index (χ3n) is 8.25. The van der Waals surface area contributed by atoms with Crippen LogP contribution in [0.1, 0.15) is 56.3 Å². The van der Waals surface area contributed by atoms with Gasteiger partial charge in [-0.15, -0.1) is 0 Å². The lowest BCUT2D eigenvalue weighted by Crippen LogP contribution is -2.42. The number of benzene rings is 2. The number of aryl methyl sites for hydroxylation is 2. The van der Waals surface area contributed by atoms with Crippen molar-refractivity contribution in [1.29, 1.82) is 0 Å². The Morgan fingerprint density at radius 3 is 2.66 bits per heavy atom. The highest BCUT2D eigenvalue weighted by atomic mass is 16.5. The second kappa shape index (κ2) is 9.34. The Morgan fingerprint density at radius 1 is 1.13 bits per heavy atom. The predicted octanol–water partition coefficient (Wildman–Crippen LogP) is 5.69. The molecule has 10 nitrogen and oxygen atoms in total. The summed E-state index contributed by atoms with van der Waals surface area (Å²) < 4.78 is 7.32. The van der Waals surface area contributed by atoms with Gasteiger partial charge in [-0.1, -0.05) is 0 Å². The van der Waals surface area contributed by atoms with E-state index in [4.69, 9.17) is 9.72 Å². The number of H-pyrrole nitrogens is 1. The number of carbonyl (C=O) groups is 2. The molecule has 1 aliphatic carbocycles. The fourth-order valence-corrected chi connectivity index (χ4v) is 6.18. The molecule has 2 aromatic heterocycles. The van der Waals surface area contributed by atoms with Crippen molar-refractivity contribution in [3.8, 4) is 0 Å². The number of fused-ring (bicyclic) bond motifs is 4. The summed E-state index contributed by atoms with van der Waals surface area (Å²) in [5.41, 5.74) is 6.50. The third-order valence-corrected chi connectivity index (χ3v) is 8.25. The summed E-state index contributed by atoms with van der Waals surface area (Å²) in [7, 11) is 1.41. The number of carboxylic acid groups (broad SMARTS) is 1. The molecular weight excluding hydrogens is 484 g/mol. The summed E-state index contributed by atoms with van der Waals surface area (Å²) in [6.45, 7) is 4.00. The van der Waals surface area contributed by atoms with E-state index >= 15 is 0 Å². The van der Waals surface area contributed by atoms with Gasteiger partial charge in [0.2, 0.25) is 5.95 Å². The molecule has 198 valence electrons. The van der Waals surface area contributed by atoms with Gasteiger partial charge < -0.3 is 19.7 Å². The quantitative estimate of drug-likeness (QED) is 0.318. The number of aromatic amines is 1. The van der Waals surface area contributed by atoms with Crippen LogP contribution in [0.3, 0.4) is 0 Å². The van der Waals surface area contributed by atoms with Crippen molar-refractivity contribution >= 4 is 51.3 Å². The number of amides is 1. The lowest BCUT2D eigenvalue weighted by molar-refractivity contribution is -0.143. The Balaban J connectivity index is 1.46. The maximum Gasteiger partial charge on any atom is 0.414 e. The second-order valence-corrected chi connectivity index (χ2v) is 10.5. The number of nitrogens with zero attached hydrogens (tertiary/aromatic N) is 4. The first-order chi connectivity index (χ1) is 18.4. The van der Waals surface area contributed by atoms with Crippen LogP contribution in [-0.4, -0.2) is 50.1 Å². The minimum Gasteiger partial charge on any atom is -0.481 e. The van der Waals surface area contributed by atoms with Gasteiger partial charge in [0.1, 0.15) is 0 Å². The van der Waals surface area contributed by atoms with Crippen LogP contribution in [0.15, 0.2) is 30.3 Å². The Hall–Kier alpha value is -4.08. The number of hydrogen-bond acceptors (Lipinski definition) is 6. The van der Waals surface area contributed by atoms with Gasteiger partial charge in [-0.2, -0.15) is 5.10 Å². The van der Waals surface area contributed by atoms with Gasteiger partial charge in [-0.05, 0) is 82.7 Å². The zero-order valence-corrected chi connectivity index (χ0v) is 21.8. The van der Waals surface area contributed by atoms with Crippen molar-refractivity contribution in [3.63, 3.8) is 0 Å². The SMILES string of the molecule is COC(=O)N1c2ccc3c(nc(Nc4ccc5c(C)n[nH]c5c4)n3[C@H]3CC[C@H](C(=O)O)CC3)c2CC[C@@H]1C. The van der Waals surface area contributed by atoms with Gasteiger partial charge in [0.05, 0.1) is 41.0 Å². The van der Waals surface area contributed by atoms with E-state index in [1.54, 1.807) is 4.90 Å². The molecule has 0 spiro atoms. The normalized spacial score (nSPS) is 21.4. The largest absolute Gasteiger partial charge is 0.481 e. The van der Waals surface area contributed by atoms with Gasteiger partial charge in [0, 0.05) is 28.7 Å². The number of hydrogen-bond donors (Lipinski definition) is 3. The fraction of sp³-hybridized carbons (Fsp3) is 0.429. The lowest BCUT2D eigenvalue weighted by atomic mass is 9.86. The lowest BCUT2D eigenvalue weighted by Gasteiger charge is -2.34. The molecular formula is C28H32N6O4. The highest BCUT2D eigenvalue weighted by Gasteiger charge is 2.33. The zero-order valence-electron chi connectivity index (χ0n) is 21.8. The van der Waals surface area contributed by atoms with Crippen molar-refractivity contribution in [2.45, 2.75) is 64.5 Å². The number of anilines is 3. The fourth-order valence-electron chi connectivity index (χ4n) is 6.18. The molecule has 4 aromatic rings. The molecule has 6 rings (SSSR count). The summed E-state index contributed by atoms with van der Waals surface area (Å²) in [6.07, 6.45) is 4.05. The van der Waals surface area contributed by atoms with E-state index in [-0.39, 0.29) is 24.1 Å². The second-order valence-electron chi connectivity index (χ2n) is 10.5. The number of aromatic nitrogens is 4. The average molecular weight is 517 g/mol. The Morgan fingerprint density at radius 2 is 1.92 bits per heavy atom. The monoisotopic (exact) mass is 516 g/mol. The number of ether oxygens (including phenoxy) is 1. The molecule has 0 radical (unpaired) electrons. The van der Waals surface area contributed by atoms with Crippen LogP contribution < -0.4 is 10.2 Å². The van der Waals surface area contributed by atoms with Crippen LogP contribution >= 0.6 is 0 Å². The van der Waals surface area contributed by atoms with E-state index < -0.39 is 5.97 Å². The first-order valence-corrected chi connectivity index (χ1v) is 13.2. The number of nitrogens with one attached hydrogen (secondary N) is 2. The molecule has 0 saturated heterocycles. The van der Waals surface area contributed by atoms with Crippen LogP contribution in [0, 0.1) is 12.8 Å². The summed E-state index contributed by atoms with van der Waals surface area (Å²) in [4.78, 5) is 31.1. The molecule has 0 bridgehead atoms. The molecule has 1 amide bonds. The number of imidazole rings is 1. The minimum absolute atomic E-state index is 0.0305. The number of carbonyl (C=O) groups excluding carboxylic acids is 1. The highest BCUT2D eigenvalue weighted by Crippen LogP contribution is 2.42. The first-order valence-electron chi connectivity index (χ1n) is 13.2. The molecule has 38 heavy (non-hydrogen) atoms. The highest BCUT2D eigenvalue weighted by molar-refractivity contribution is 5.96. The Labute approximate surface area is 220 Å². The van der Waals surface area contributed by atoms with Gasteiger partial charge >= 0.3 is 12.1 Å². The molecule has 0 unspecified atom stereocenters. The van der Waals surface area contributed by atoms with Crippen LogP contribution in [-0.2, 0) is 16.0 Å². The molecule has 3 N–H and O–H groups in total. The molecule has 2 aliphatic rings. The summed E-state index contributed by atoms with van der Waals surface area (Å²) >= 11 is 0.